The number of carbonyl (C=O) groups is 2. The lowest BCUT2D eigenvalue weighted by molar-refractivity contribution is -0.137. The van der Waals surface area contributed by atoms with Gasteiger partial charge in [-0.2, -0.15) is 0 Å². The topological polar surface area (TPSA) is 62.3 Å². The molecule has 1 aromatic carbocycles. The Morgan fingerprint density at radius 1 is 1.37 bits per heavy atom. The zero-order valence-corrected chi connectivity index (χ0v) is 17.2. The second-order valence-electron chi connectivity index (χ2n) is 7.26. The second-order valence-corrected chi connectivity index (χ2v) is 9.82. The van der Waals surface area contributed by atoms with Gasteiger partial charge in [-0.1, -0.05) is 24.3 Å². The highest BCUT2D eigenvalue weighted by atomic mass is 32.2. The number of aromatic nitrogens is 1. The van der Waals surface area contributed by atoms with Crippen LogP contribution >= 0.6 is 23.1 Å². The van der Waals surface area contributed by atoms with E-state index in [1.54, 1.807) is 28.0 Å². The Bertz CT molecular complexity index is 864. The molecular weight excluding hydrogens is 378 g/mol. The number of fused-ring (bicyclic) bond motifs is 1. The third-order valence-electron chi connectivity index (χ3n) is 5.33. The highest BCUT2D eigenvalue weighted by Crippen LogP contribution is 2.47. The van der Waals surface area contributed by atoms with Gasteiger partial charge in [-0.3, -0.25) is 9.59 Å². The molecule has 2 atom stereocenters. The summed E-state index contributed by atoms with van der Waals surface area (Å²) >= 11 is 3.38. The molecule has 2 fully saturated rings. The molecule has 0 spiro atoms. The van der Waals surface area contributed by atoms with Gasteiger partial charge in [0.05, 0.1) is 15.6 Å². The zero-order valence-electron chi connectivity index (χ0n) is 15.5. The number of thioether (sulfide) groups is 1. The maximum atomic E-state index is 12.6. The summed E-state index contributed by atoms with van der Waals surface area (Å²) in [7, 11) is 0. The summed E-state index contributed by atoms with van der Waals surface area (Å²) < 4.78 is 0. The lowest BCUT2D eigenvalue weighted by Gasteiger charge is -2.29. The van der Waals surface area contributed by atoms with E-state index in [9.17, 15) is 9.59 Å². The first-order chi connectivity index (χ1) is 13.0. The number of carbonyl (C=O) groups excluding carboxylic acids is 2. The van der Waals surface area contributed by atoms with Crippen molar-refractivity contribution in [3.05, 3.63) is 40.2 Å². The van der Waals surface area contributed by atoms with Gasteiger partial charge in [0.15, 0.2) is 0 Å². The van der Waals surface area contributed by atoms with E-state index in [-0.39, 0.29) is 22.7 Å². The summed E-state index contributed by atoms with van der Waals surface area (Å²) in [6.45, 7) is 4.65. The minimum Gasteiger partial charge on any atom is -0.354 e. The van der Waals surface area contributed by atoms with Crippen LogP contribution in [0.1, 0.15) is 30.3 Å². The molecule has 1 N–H and O–H groups in total. The Labute approximate surface area is 167 Å². The Morgan fingerprint density at radius 3 is 2.85 bits per heavy atom. The van der Waals surface area contributed by atoms with Gasteiger partial charge in [-0.25, -0.2) is 4.98 Å². The van der Waals surface area contributed by atoms with Crippen LogP contribution in [0.25, 0.3) is 11.3 Å². The number of hydrogen-bond donors (Lipinski definition) is 1. The highest BCUT2D eigenvalue weighted by molar-refractivity contribution is 8.01. The smallest absolute Gasteiger partial charge is 0.243 e. The van der Waals surface area contributed by atoms with Crippen molar-refractivity contribution in [1.82, 2.24) is 15.2 Å². The molecule has 0 radical (unpaired) electrons. The first-order valence-corrected chi connectivity index (χ1v) is 11.1. The maximum Gasteiger partial charge on any atom is 0.243 e. The second kappa shape index (κ2) is 7.28. The number of aryl methyl sites for hydroxylation is 1. The standard InChI is InChI=1S/C20H23N3O2S2/c1-13-22-16(11-26-13)15-5-3-14(4-6-15)8-10-21-19(25)17-12-27-20(2)9-7-18(24)23(17)20/h3-6,11,17H,7-10,12H2,1-2H3,(H,21,25)/t17-,20+/m0/s1. The number of rotatable bonds is 5. The van der Waals surface area contributed by atoms with E-state index < -0.39 is 0 Å². The third-order valence-corrected chi connectivity index (χ3v) is 7.61. The van der Waals surface area contributed by atoms with Gasteiger partial charge in [0.25, 0.3) is 0 Å². The molecule has 2 amide bonds. The van der Waals surface area contributed by atoms with Gasteiger partial charge in [0, 0.05) is 29.7 Å². The van der Waals surface area contributed by atoms with Gasteiger partial charge in [-0.15, -0.1) is 23.1 Å². The van der Waals surface area contributed by atoms with Crippen LogP contribution < -0.4 is 5.32 Å². The summed E-state index contributed by atoms with van der Waals surface area (Å²) in [6, 6.07) is 8.00. The summed E-state index contributed by atoms with van der Waals surface area (Å²) in [6.07, 6.45) is 2.16. The average Bonchev–Trinajstić information content (AvgIpc) is 3.31. The van der Waals surface area contributed by atoms with Crippen molar-refractivity contribution in [3.63, 3.8) is 0 Å². The van der Waals surface area contributed by atoms with Crippen molar-refractivity contribution < 1.29 is 9.59 Å². The molecular formula is C20H23N3O2S2. The van der Waals surface area contributed by atoms with Crippen molar-refractivity contribution in [3.8, 4) is 11.3 Å². The predicted molar refractivity (Wildman–Crippen MR) is 110 cm³/mol. The Morgan fingerprint density at radius 2 is 2.15 bits per heavy atom. The lowest BCUT2D eigenvalue weighted by Crippen LogP contribution is -2.50. The lowest BCUT2D eigenvalue weighted by atomic mass is 10.1. The number of nitrogens with zero attached hydrogens (tertiary/aromatic N) is 2. The van der Waals surface area contributed by atoms with Gasteiger partial charge in [0.1, 0.15) is 6.04 Å². The molecule has 7 heteroatoms. The van der Waals surface area contributed by atoms with E-state index in [0.29, 0.717) is 18.7 Å². The number of benzene rings is 1. The van der Waals surface area contributed by atoms with Crippen LogP contribution in [0.3, 0.4) is 0 Å². The fourth-order valence-corrected chi connectivity index (χ4v) is 5.85. The van der Waals surface area contributed by atoms with E-state index >= 15 is 0 Å². The Hall–Kier alpha value is -1.86. The molecule has 2 aliphatic rings. The number of nitrogens with one attached hydrogen (secondary N) is 1. The molecule has 27 heavy (non-hydrogen) atoms. The summed E-state index contributed by atoms with van der Waals surface area (Å²) in [5.74, 6) is 0.766. The van der Waals surface area contributed by atoms with E-state index in [0.717, 1.165) is 29.1 Å². The van der Waals surface area contributed by atoms with Crippen molar-refractivity contribution in [2.75, 3.05) is 12.3 Å². The Kier molecular flexibility index (Phi) is 4.99. The number of hydrogen-bond acceptors (Lipinski definition) is 5. The molecule has 4 rings (SSSR count). The number of thiazole rings is 1. The van der Waals surface area contributed by atoms with Crippen LogP contribution in [0, 0.1) is 6.92 Å². The van der Waals surface area contributed by atoms with Crippen LogP contribution in [0.2, 0.25) is 0 Å². The molecule has 0 aliphatic carbocycles. The van der Waals surface area contributed by atoms with Crippen molar-refractivity contribution in [1.29, 1.82) is 0 Å². The van der Waals surface area contributed by atoms with Crippen molar-refractivity contribution in [2.45, 2.75) is 44.0 Å². The van der Waals surface area contributed by atoms with E-state index in [4.69, 9.17) is 0 Å². The Balaban J connectivity index is 1.31. The minimum absolute atomic E-state index is 0.0314. The van der Waals surface area contributed by atoms with E-state index in [1.807, 2.05) is 6.92 Å². The quantitative estimate of drug-likeness (QED) is 0.836. The molecule has 0 saturated carbocycles. The first-order valence-electron chi connectivity index (χ1n) is 9.21. The normalized spacial score (nSPS) is 24.3. The predicted octanol–water partition coefficient (Wildman–Crippen LogP) is 3.23. The zero-order chi connectivity index (χ0) is 19.0. The molecule has 5 nitrogen and oxygen atoms in total. The summed E-state index contributed by atoms with van der Waals surface area (Å²) in [5.41, 5.74) is 3.30. The monoisotopic (exact) mass is 401 g/mol. The fourth-order valence-electron chi connectivity index (χ4n) is 3.80. The molecule has 2 saturated heterocycles. The third kappa shape index (κ3) is 3.62. The van der Waals surface area contributed by atoms with Crippen molar-refractivity contribution >= 4 is 34.9 Å². The van der Waals surface area contributed by atoms with Crippen LogP contribution in [-0.4, -0.2) is 44.9 Å². The summed E-state index contributed by atoms with van der Waals surface area (Å²) in [4.78, 5) is 30.8. The SMILES string of the molecule is Cc1nc(-c2ccc(CCNC(=O)[C@@H]3CS[C@]4(C)CCC(=O)N34)cc2)cs1. The number of amides is 2. The fraction of sp³-hybridized carbons (Fsp3) is 0.450. The molecule has 142 valence electrons. The molecule has 1 aromatic heterocycles. The molecule has 2 aromatic rings. The van der Waals surface area contributed by atoms with Gasteiger partial charge in [0.2, 0.25) is 11.8 Å². The molecule has 2 aliphatic heterocycles. The van der Waals surface area contributed by atoms with Gasteiger partial charge >= 0.3 is 0 Å². The van der Waals surface area contributed by atoms with E-state index in [1.165, 1.54) is 5.56 Å². The van der Waals surface area contributed by atoms with Gasteiger partial charge < -0.3 is 10.2 Å². The van der Waals surface area contributed by atoms with Crippen LogP contribution in [-0.2, 0) is 16.0 Å². The molecule has 0 unspecified atom stereocenters. The first kappa shape index (κ1) is 18.5. The molecule has 3 heterocycles. The van der Waals surface area contributed by atoms with Crippen LogP contribution in [0.4, 0.5) is 0 Å². The minimum atomic E-state index is -0.328. The van der Waals surface area contributed by atoms with Crippen molar-refractivity contribution in [2.24, 2.45) is 0 Å². The average molecular weight is 402 g/mol. The maximum absolute atomic E-state index is 12.6. The van der Waals surface area contributed by atoms with E-state index in [2.05, 4.69) is 46.9 Å². The summed E-state index contributed by atoms with van der Waals surface area (Å²) in [5, 5.41) is 6.15. The van der Waals surface area contributed by atoms with Crippen LogP contribution in [0.15, 0.2) is 29.6 Å². The van der Waals surface area contributed by atoms with Crippen LogP contribution in [0.5, 0.6) is 0 Å². The largest absolute Gasteiger partial charge is 0.354 e. The van der Waals surface area contributed by atoms with Gasteiger partial charge in [-0.05, 0) is 32.3 Å². The highest BCUT2D eigenvalue weighted by Gasteiger charge is 2.52. The molecule has 0 bridgehead atoms.